The Labute approximate surface area is 199 Å². The molecule has 5 rings (SSSR count). The van der Waals surface area contributed by atoms with Crippen LogP contribution in [0.3, 0.4) is 0 Å². The molecule has 0 aliphatic heterocycles. The van der Waals surface area contributed by atoms with E-state index in [1.54, 1.807) is 31.4 Å². The molecule has 3 heterocycles. The first-order valence-corrected chi connectivity index (χ1v) is 11.0. The number of hydrogen-bond acceptors (Lipinski definition) is 8. The van der Waals surface area contributed by atoms with Crippen molar-refractivity contribution >= 4 is 22.0 Å². The lowest BCUT2D eigenvalue weighted by Gasteiger charge is -2.16. The minimum Gasteiger partial charge on any atom is -0.496 e. The summed E-state index contributed by atoms with van der Waals surface area (Å²) in [5.74, 6) is 0.617. The lowest BCUT2D eigenvalue weighted by molar-refractivity contribution is 0.277. The minimum absolute atomic E-state index is 0.220. The third kappa shape index (κ3) is 3.47. The average molecular weight is 470 g/mol. The average Bonchev–Trinajstić information content (AvgIpc) is 3.40. The van der Waals surface area contributed by atoms with Crippen LogP contribution in [0.15, 0.2) is 50.1 Å². The predicted octanol–water partition coefficient (Wildman–Crippen LogP) is 4.40. The van der Waals surface area contributed by atoms with Crippen molar-refractivity contribution in [3.8, 4) is 22.9 Å². The summed E-state index contributed by atoms with van der Waals surface area (Å²) >= 11 is 0. The number of aromatic nitrogens is 3. The fourth-order valence-corrected chi connectivity index (χ4v) is 4.56. The number of hydrogen-bond donors (Lipinski definition) is 1. The number of oxazole rings is 1. The molecular weight excluding hydrogens is 448 g/mol. The lowest BCUT2D eigenvalue weighted by atomic mass is 9.99. The SMILES string of the molecule is COc1cc2c(cc1-c1c(C)noc1C)nc(CO)c1oc(=O)n([C@H](C)c3ccc(C#N)cc3)c12. The van der Waals surface area contributed by atoms with Crippen molar-refractivity contribution in [3.63, 3.8) is 0 Å². The van der Waals surface area contributed by atoms with E-state index < -0.39 is 18.4 Å². The summed E-state index contributed by atoms with van der Waals surface area (Å²) in [7, 11) is 1.57. The van der Waals surface area contributed by atoms with Gasteiger partial charge in [-0.25, -0.2) is 9.78 Å². The molecule has 0 radical (unpaired) electrons. The Kier molecular flexibility index (Phi) is 5.38. The molecule has 9 nitrogen and oxygen atoms in total. The molecule has 176 valence electrons. The van der Waals surface area contributed by atoms with E-state index in [4.69, 9.17) is 18.9 Å². The van der Waals surface area contributed by atoms with Gasteiger partial charge in [0.1, 0.15) is 22.7 Å². The molecule has 0 aliphatic rings. The van der Waals surface area contributed by atoms with Crippen LogP contribution in [0.25, 0.3) is 33.1 Å². The number of pyridine rings is 1. The molecule has 3 aromatic heterocycles. The molecule has 0 saturated heterocycles. The highest BCUT2D eigenvalue weighted by molar-refractivity contribution is 6.05. The number of aliphatic hydroxyl groups is 1. The number of methoxy groups -OCH3 is 1. The zero-order chi connectivity index (χ0) is 24.9. The van der Waals surface area contributed by atoms with E-state index in [2.05, 4.69) is 16.2 Å². The van der Waals surface area contributed by atoms with Crippen LogP contribution in [0.2, 0.25) is 0 Å². The predicted molar refractivity (Wildman–Crippen MR) is 128 cm³/mol. The zero-order valence-electron chi connectivity index (χ0n) is 19.6. The van der Waals surface area contributed by atoms with E-state index in [9.17, 15) is 9.90 Å². The molecule has 9 heteroatoms. The number of nitrogens with zero attached hydrogens (tertiary/aromatic N) is 4. The van der Waals surface area contributed by atoms with Crippen molar-refractivity contribution < 1.29 is 18.8 Å². The van der Waals surface area contributed by atoms with E-state index in [1.807, 2.05) is 32.9 Å². The van der Waals surface area contributed by atoms with Gasteiger partial charge < -0.3 is 18.8 Å². The van der Waals surface area contributed by atoms with Crippen molar-refractivity contribution in [1.29, 1.82) is 5.26 Å². The second-order valence-electron chi connectivity index (χ2n) is 8.31. The molecule has 0 saturated carbocycles. The second kappa shape index (κ2) is 8.42. The first-order valence-electron chi connectivity index (χ1n) is 11.0. The fraction of sp³-hybridized carbons (Fsp3) is 0.231. The van der Waals surface area contributed by atoms with Crippen molar-refractivity contribution in [1.82, 2.24) is 14.7 Å². The van der Waals surface area contributed by atoms with Gasteiger partial charge in [0.2, 0.25) is 0 Å². The van der Waals surface area contributed by atoms with Gasteiger partial charge in [0.05, 0.1) is 48.2 Å². The summed E-state index contributed by atoms with van der Waals surface area (Å²) in [5, 5.41) is 23.8. The van der Waals surface area contributed by atoms with Crippen LogP contribution in [0.4, 0.5) is 0 Å². The van der Waals surface area contributed by atoms with E-state index >= 15 is 0 Å². The molecule has 35 heavy (non-hydrogen) atoms. The van der Waals surface area contributed by atoms with Gasteiger partial charge in [-0.1, -0.05) is 17.3 Å². The van der Waals surface area contributed by atoms with Crippen LogP contribution in [-0.2, 0) is 6.61 Å². The zero-order valence-corrected chi connectivity index (χ0v) is 19.6. The second-order valence-corrected chi connectivity index (χ2v) is 8.31. The van der Waals surface area contributed by atoms with Crippen LogP contribution in [0.1, 0.15) is 41.2 Å². The van der Waals surface area contributed by atoms with Gasteiger partial charge in [-0.05, 0) is 50.6 Å². The Hall–Kier alpha value is -4.42. The number of aryl methyl sites for hydroxylation is 2. The van der Waals surface area contributed by atoms with Crippen molar-refractivity contribution in [2.75, 3.05) is 7.11 Å². The van der Waals surface area contributed by atoms with Crippen LogP contribution in [0.5, 0.6) is 5.75 Å². The van der Waals surface area contributed by atoms with E-state index in [1.165, 1.54) is 4.57 Å². The summed E-state index contributed by atoms with van der Waals surface area (Å²) in [5.41, 5.74) is 5.13. The summed E-state index contributed by atoms with van der Waals surface area (Å²) in [6, 6.07) is 12.4. The number of benzene rings is 2. The smallest absolute Gasteiger partial charge is 0.420 e. The van der Waals surface area contributed by atoms with Gasteiger partial charge in [0, 0.05) is 10.9 Å². The van der Waals surface area contributed by atoms with Crippen LogP contribution >= 0.6 is 0 Å². The van der Waals surface area contributed by atoms with Crippen molar-refractivity contribution in [2.24, 2.45) is 0 Å². The fourth-order valence-electron chi connectivity index (χ4n) is 4.56. The van der Waals surface area contributed by atoms with Gasteiger partial charge in [-0.3, -0.25) is 4.57 Å². The molecule has 0 spiro atoms. The molecule has 5 aromatic rings. The summed E-state index contributed by atoms with van der Waals surface area (Å²) in [4.78, 5) is 17.7. The van der Waals surface area contributed by atoms with Crippen molar-refractivity contribution in [3.05, 3.63) is 75.2 Å². The Morgan fingerprint density at radius 2 is 1.97 bits per heavy atom. The number of nitriles is 1. The molecular formula is C26H22N4O5. The van der Waals surface area contributed by atoms with Gasteiger partial charge >= 0.3 is 5.76 Å². The van der Waals surface area contributed by atoms with Crippen LogP contribution in [0, 0.1) is 25.2 Å². The first kappa shape index (κ1) is 22.4. The molecule has 0 aliphatic carbocycles. The van der Waals surface area contributed by atoms with Crippen LogP contribution in [-0.4, -0.2) is 26.9 Å². The maximum absolute atomic E-state index is 13.1. The molecule has 1 N–H and O–H groups in total. The summed E-state index contributed by atoms with van der Waals surface area (Å²) < 4.78 is 18.2. The first-order chi connectivity index (χ1) is 16.9. The third-order valence-electron chi connectivity index (χ3n) is 6.29. The Morgan fingerprint density at radius 1 is 1.23 bits per heavy atom. The van der Waals surface area contributed by atoms with Gasteiger partial charge in [-0.2, -0.15) is 5.26 Å². The molecule has 0 amide bonds. The Bertz CT molecular complexity index is 1670. The highest BCUT2D eigenvalue weighted by Crippen LogP contribution is 2.40. The molecule has 0 fully saturated rings. The van der Waals surface area contributed by atoms with E-state index in [0.717, 1.165) is 16.7 Å². The highest BCUT2D eigenvalue weighted by atomic mass is 16.5. The molecule has 1 atom stereocenters. The summed E-state index contributed by atoms with van der Waals surface area (Å²) in [6.07, 6.45) is 0. The Balaban J connectivity index is 1.84. The maximum atomic E-state index is 13.1. The minimum atomic E-state index is -0.574. The normalized spacial score (nSPS) is 12.2. The number of rotatable bonds is 5. The third-order valence-corrected chi connectivity index (χ3v) is 6.29. The van der Waals surface area contributed by atoms with Gasteiger partial charge in [0.15, 0.2) is 5.58 Å². The van der Waals surface area contributed by atoms with E-state index in [0.29, 0.717) is 39.2 Å². The molecule has 2 aromatic carbocycles. The molecule has 0 unspecified atom stereocenters. The van der Waals surface area contributed by atoms with Crippen LogP contribution < -0.4 is 10.5 Å². The topological polar surface area (TPSA) is 127 Å². The Morgan fingerprint density at radius 3 is 2.57 bits per heavy atom. The number of aliphatic hydroxyl groups excluding tert-OH is 1. The standard InChI is InChI=1S/C26H22N4O5/c1-13-23(15(3)35-29-13)19-9-20-18(10-22(19)33-4)24-25(21(12-31)28-20)34-26(32)30(24)14(2)17-7-5-16(11-27)6-8-17/h5-10,14,31H,12H2,1-4H3/t14-/m1/s1. The largest absolute Gasteiger partial charge is 0.496 e. The van der Waals surface area contributed by atoms with Gasteiger partial charge in [-0.15, -0.1) is 0 Å². The highest BCUT2D eigenvalue weighted by Gasteiger charge is 2.25. The van der Waals surface area contributed by atoms with E-state index in [-0.39, 0.29) is 11.3 Å². The lowest BCUT2D eigenvalue weighted by Crippen LogP contribution is -2.19. The summed E-state index contributed by atoms with van der Waals surface area (Å²) in [6.45, 7) is 5.13. The monoisotopic (exact) mass is 470 g/mol. The molecule has 0 bridgehead atoms. The number of fused-ring (bicyclic) bond motifs is 3. The van der Waals surface area contributed by atoms with Crippen molar-refractivity contribution in [2.45, 2.75) is 33.4 Å². The quantitative estimate of drug-likeness (QED) is 0.400. The number of ether oxygens (including phenoxy) is 1. The maximum Gasteiger partial charge on any atom is 0.420 e. The van der Waals surface area contributed by atoms with Gasteiger partial charge in [0.25, 0.3) is 0 Å².